The first-order valence-electron chi connectivity index (χ1n) is 12.5. The molecule has 1 aliphatic heterocycles. The normalized spacial score (nSPS) is 16.7. The van der Waals surface area contributed by atoms with Gasteiger partial charge in [-0.15, -0.1) is 0 Å². The second-order valence-corrected chi connectivity index (χ2v) is 10.1. The zero-order chi connectivity index (χ0) is 27.2. The van der Waals surface area contributed by atoms with E-state index in [0.29, 0.717) is 16.9 Å². The van der Waals surface area contributed by atoms with Crippen molar-refractivity contribution in [2.24, 2.45) is 5.84 Å². The number of halogens is 1. The first kappa shape index (κ1) is 25.4. The lowest BCUT2D eigenvalue weighted by molar-refractivity contribution is -0.123. The van der Waals surface area contributed by atoms with Crippen LogP contribution in [0.5, 0.6) is 0 Å². The number of benzene rings is 2. The van der Waals surface area contributed by atoms with Gasteiger partial charge in [-0.05, 0) is 63.4 Å². The van der Waals surface area contributed by atoms with Gasteiger partial charge in [0.05, 0.1) is 47.7 Å². The van der Waals surface area contributed by atoms with Gasteiger partial charge in [0.15, 0.2) is 11.6 Å². The fraction of sp³-hybridized carbons (Fsp3) is 0.276. The summed E-state index contributed by atoms with van der Waals surface area (Å²) in [6, 6.07) is 14.3. The number of carbonyl (C=O) groups excluding carboxylic acids is 2. The molecule has 1 aliphatic carbocycles. The van der Waals surface area contributed by atoms with E-state index in [0.717, 1.165) is 30.0 Å². The molecule has 1 aromatic heterocycles. The van der Waals surface area contributed by atoms with Crippen molar-refractivity contribution in [3.05, 3.63) is 90.3 Å². The van der Waals surface area contributed by atoms with Gasteiger partial charge in [-0.2, -0.15) is 5.10 Å². The molecule has 0 radical (unpaired) electrons. The fourth-order valence-electron chi connectivity index (χ4n) is 5.05. The standard InChI is InChI=1S/C29H30FN5O3/c1-18(21-15-16-32-35(21)20-9-6-5-7-10-20)27(36)24(38-4)17-33(31)23-14-13-22-25(26(23)30)29(2,3)28(37)34(22)19-11-8-12-19/h5-7,9-10,13-17,19H,1,8,11-12,31H2,2-4H3/b24-17+. The summed E-state index contributed by atoms with van der Waals surface area (Å²) in [6.07, 6.45) is 5.65. The van der Waals surface area contributed by atoms with Crippen LogP contribution in [0.3, 0.4) is 0 Å². The number of fused-ring (bicyclic) bond motifs is 1. The number of aromatic nitrogens is 2. The predicted molar refractivity (Wildman–Crippen MR) is 144 cm³/mol. The van der Waals surface area contributed by atoms with Crippen LogP contribution in [0.4, 0.5) is 15.8 Å². The van der Waals surface area contributed by atoms with Gasteiger partial charge >= 0.3 is 0 Å². The number of nitrogens with zero attached hydrogens (tertiary/aromatic N) is 4. The SMILES string of the molecule is C=C(C(=O)/C(=C\N(N)c1ccc2c(c1F)C(C)(C)C(=O)N2C1CCC1)OC)c1ccnn1-c1ccccc1. The number of Topliss-reactive ketones (excluding diaryl/α,β-unsaturated/α-hetero) is 1. The Morgan fingerprint density at radius 1 is 1.21 bits per heavy atom. The quantitative estimate of drug-likeness (QED) is 0.203. The number of amides is 1. The molecule has 2 N–H and O–H groups in total. The van der Waals surface area contributed by atoms with Crippen LogP contribution < -0.4 is 15.8 Å². The molecule has 3 aromatic rings. The summed E-state index contributed by atoms with van der Waals surface area (Å²) in [5.74, 6) is 4.84. The molecule has 9 heteroatoms. The Morgan fingerprint density at radius 3 is 2.55 bits per heavy atom. The Kier molecular flexibility index (Phi) is 6.40. The van der Waals surface area contributed by atoms with Crippen molar-refractivity contribution in [3.8, 4) is 5.69 Å². The lowest BCUT2D eigenvalue weighted by Gasteiger charge is -2.36. The summed E-state index contributed by atoms with van der Waals surface area (Å²) >= 11 is 0. The number of anilines is 2. The van der Waals surface area contributed by atoms with Crippen molar-refractivity contribution >= 4 is 28.6 Å². The number of hydrogen-bond donors (Lipinski definition) is 1. The molecule has 196 valence electrons. The van der Waals surface area contributed by atoms with Crippen molar-refractivity contribution in [1.29, 1.82) is 0 Å². The summed E-state index contributed by atoms with van der Waals surface area (Å²) in [4.78, 5) is 28.3. The van der Waals surface area contributed by atoms with E-state index in [1.54, 1.807) is 41.8 Å². The van der Waals surface area contributed by atoms with Crippen molar-refractivity contribution in [2.45, 2.75) is 44.6 Å². The highest BCUT2D eigenvalue weighted by Crippen LogP contribution is 2.48. The zero-order valence-corrected chi connectivity index (χ0v) is 21.6. The van der Waals surface area contributed by atoms with Gasteiger partial charge in [0.1, 0.15) is 0 Å². The van der Waals surface area contributed by atoms with Crippen LogP contribution in [0.1, 0.15) is 44.4 Å². The molecule has 0 atom stereocenters. The van der Waals surface area contributed by atoms with Crippen molar-refractivity contribution in [1.82, 2.24) is 9.78 Å². The van der Waals surface area contributed by atoms with Crippen LogP contribution in [0.15, 0.2) is 73.3 Å². The fourth-order valence-corrected chi connectivity index (χ4v) is 5.05. The maximum atomic E-state index is 15.9. The van der Waals surface area contributed by atoms with Crippen LogP contribution in [0.25, 0.3) is 11.3 Å². The highest BCUT2D eigenvalue weighted by atomic mass is 19.1. The van der Waals surface area contributed by atoms with Crippen molar-refractivity contribution in [2.75, 3.05) is 17.0 Å². The summed E-state index contributed by atoms with van der Waals surface area (Å²) in [7, 11) is 1.33. The van der Waals surface area contributed by atoms with Crippen molar-refractivity contribution < 1.29 is 18.7 Å². The molecule has 8 nitrogen and oxygen atoms in total. The summed E-state index contributed by atoms with van der Waals surface area (Å²) in [5, 5.41) is 5.30. The topological polar surface area (TPSA) is 93.7 Å². The molecule has 2 aromatic carbocycles. The molecule has 2 aliphatic rings. The number of hydrogen-bond acceptors (Lipinski definition) is 6. The Hall–Kier alpha value is -4.24. The number of rotatable bonds is 8. The zero-order valence-electron chi connectivity index (χ0n) is 21.6. The van der Waals surface area contributed by atoms with Gasteiger partial charge in [0.25, 0.3) is 0 Å². The van der Waals surface area contributed by atoms with Gasteiger partial charge < -0.3 is 9.64 Å². The molecule has 2 heterocycles. The minimum Gasteiger partial charge on any atom is -0.491 e. The summed E-state index contributed by atoms with van der Waals surface area (Å²) in [5.41, 5.74) is 1.23. The number of ketones is 1. The van der Waals surface area contributed by atoms with Gasteiger partial charge in [0, 0.05) is 17.2 Å². The summed E-state index contributed by atoms with van der Waals surface area (Å²) < 4.78 is 22.9. The van der Waals surface area contributed by atoms with E-state index < -0.39 is 17.0 Å². The smallest absolute Gasteiger partial charge is 0.237 e. The minimum atomic E-state index is -1.04. The third-order valence-corrected chi connectivity index (χ3v) is 7.38. The van der Waals surface area contributed by atoms with Crippen LogP contribution in [0, 0.1) is 5.82 Å². The number of carbonyl (C=O) groups is 2. The molecule has 1 saturated carbocycles. The first-order chi connectivity index (χ1) is 18.2. The summed E-state index contributed by atoms with van der Waals surface area (Å²) in [6.45, 7) is 7.40. The van der Waals surface area contributed by atoms with Gasteiger partial charge in [-0.1, -0.05) is 24.8 Å². The minimum absolute atomic E-state index is 0.0161. The molecule has 0 bridgehead atoms. The van der Waals surface area contributed by atoms with E-state index in [4.69, 9.17) is 10.6 Å². The van der Waals surface area contributed by atoms with Crippen LogP contribution in [-0.4, -0.2) is 34.6 Å². The molecule has 0 spiro atoms. The average molecular weight is 516 g/mol. The lowest BCUT2D eigenvalue weighted by atomic mass is 9.85. The number of ether oxygens (including phenoxy) is 1. The number of nitrogens with two attached hydrogens (primary N) is 1. The van der Waals surface area contributed by atoms with Crippen LogP contribution in [0.2, 0.25) is 0 Å². The van der Waals surface area contributed by atoms with Gasteiger partial charge in [0.2, 0.25) is 11.7 Å². The predicted octanol–water partition coefficient (Wildman–Crippen LogP) is 4.64. The highest BCUT2D eigenvalue weighted by molar-refractivity contribution is 6.27. The largest absolute Gasteiger partial charge is 0.491 e. The average Bonchev–Trinajstić information content (AvgIpc) is 3.44. The monoisotopic (exact) mass is 515 g/mol. The molecule has 5 rings (SSSR count). The van der Waals surface area contributed by atoms with E-state index >= 15 is 4.39 Å². The third-order valence-electron chi connectivity index (χ3n) is 7.38. The van der Waals surface area contributed by atoms with E-state index in [1.165, 1.54) is 19.4 Å². The van der Waals surface area contributed by atoms with E-state index in [1.807, 2.05) is 30.3 Å². The van der Waals surface area contributed by atoms with E-state index in [9.17, 15) is 9.59 Å². The maximum absolute atomic E-state index is 15.9. The van der Waals surface area contributed by atoms with Crippen LogP contribution >= 0.6 is 0 Å². The molecule has 0 saturated heterocycles. The molecular formula is C29H30FN5O3. The number of hydrazine groups is 1. The number of para-hydroxylation sites is 1. The Balaban J connectivity index is 1.45. The Bertz CT molecular complexity index is 1460. The first-order valence-corrected chi connectivity index (χ1v) is 12.5. The maximum Gasteiger partial charge on any atom is 0.237 e. The molecule has 1 amide bonds. The van der Waals surface area contributed by atoms with Gasteiger partial charge in [-0.25, -0.2) is 14.9 Å². The highest BCUT2D eigenvalue weighted by Gasteiger charge is 2.49. The van der Waals surface area contributed by atoms with Gasteiger partial charge in [-0.3, -0.25) is 14.6 Å². The lowest BCUT2D eigenvalue weighted by Crippen LogP contribution is -2.46. The molecular weight excluding hydrogens is 485 g/mol. The van der Waals surface area contributed by atoms with Crippen molar-refractivity contribution in [3.63, 3.8) is 0 Å². The second kappa shape index (κ2) is 9.57. The number of methoxy groups -OCH3 is 1. The van der Waals surface area contributed by atoms with E-state index in [-0.39, 0.29) is 29.0 Å². The second-order valence-electron chi connectivity index (χ2n) is 10.1. The molecule has 0 unspecified atom stereocenters. The molecule has 38 heavy (non-hydrogen) atoms. The third kappa shape index (κ3) is 3.99. The number of allylic oxidation sites excluding steroid dienone is 1. The van der Waals surface area contributed by atoms with Crippen LogP contribution in [-0.2, 0) is 19.7 Å². The van der Waals surface area contributed by atoms with E-state index in [2.05, 4.69) is 11.7 Å². The Morgan fingerprint density at radius 2 is 1.92 bits per heavy atom. The molecule has 1 fully saturated rings. The Labute approximate surface area is 220 Å².